The van der Waals surface area contributed by atoms with E-state index >= 15 is 0 Å². The quantitative estimate of drug-likeness (QED) is 0.356. The van der Waals surface area contributed by atoms with E-state index in [-0.39, 0.29) is 35.9 Å². The molecule has 0 saturated carbocycles. The number of piperidine rings is 2. The van der Waals surface area contributed by atoms with Crippen LogP contribution >= 0.6 is 0 Å². The lowest BCUT2D eigenvalue weighted by molar-refractivity contribution is -0.137. The van der Waals surface area contributed by atoms with E-state index in [0.29, 0.717) is 43.8 Å². The molecule has 8 nitrogen and oxygen atoms in total. The SMILES string of the molecule is CC(C)(C)OC(=O)N1CCC(NC(=O)c2cc3ccc(OC4CCC(c5ccc(C(F)(F)F)cc5)NC4)cc3o2)CC1. The summed E-state index contributed by atoms with van der Waals surface area (Å²) in [5.74, 6) is 0.503. The fraction of sp³-hybridized carbons (Fsp3) is 0.484. The number of alkyl halides is 3. The van der Waals surface area contributed by atoms with Crippen molar-refractivity contribution in [3.05, 3.63) is 65.4 Å². The van der Waals surface area contributed by atoms with Crippen LogP contribution in [0.1, 0.15) is 74.2 Å². The van der Waals surface area contributed by atoms with Crippen molar-refractivity contribution >= 4 is 23.0 Å². The van der Waals surface area contributed by atoms with E-state index in [9.17, 15) is 22.8 Å². The zero-order chi connectivity index (χ0) is 30.1. The molecule has 1 aromatic heterocycles. The Bertz CT molecular complexity index is 1400. The summed E-state index contributed by atoms with van der Waals surface area (Å²) in [7, 11) is 0. The Morgan fingerprint density at radius 3 is 2.31 bits per heavy atom. The van der Waals surface area contributed by atoms with E-state index in [2.05, 4.69) is 10.6 Å². The molecule has 2 N–H and O–H groups in total. The highest BCUT2D eigenvalue weighted by molar-refractivity contribution is 5.96. The number of hydrogen-bond acceptors (Lipinski definition) is 6. The fourth-order valence-corrected chi connectivity index (χ4v) is 5.30. The molecule has 11 heteroatoms. The van der Waals surface area contributed by atoms with E-state index in [4.69, 9.17) is 13.9 Å². The summed E-state index contributed by atoms with van der Waals surface area (Å²) >= 11 is 0. The molecule has 5 rings (SSSR count). The van der Waals surface area contributed by atoms with Crippen LogP contribution in [0.2, 0.25) is 0 Å². The van der Waals surface area contributed by atoms with Crippen LogP contribution in [-0.2, 0) is 10.9 Å². The van der Waals surface area contributed by atoms with E-state index in [0.717, 1.165) is 35.9 Å². The molecule has 3 heterocycles. The Morgan fingerprint density at radius 1 is 0.976 bits per heavy atom. The van der Waals surface area contributed by atoms with Crippen molar-refractivity contribution in [2.24, 2.45) is 0 Å². The summed E-state index contributed by atoms with van der Waals surface area (Å²) in [6, 6.07) is 12.3. The van der Waals surface area contributed by atoms with Gasteiger partial charge in [0.1, 0.15) is 23.0 Å². The monoisotopic (exact) mass is 587 g/mol. The minimum Gasteiger partial charge on any atom is -0.489 e. The van der Waals surface area contributed by atoms with Crippen molar-refractivity contribution in [1.82, 2.24) is 15.5 Å². The van der Waals surface area contributed by atoms with Crippen LogP contribution in [0.5, 0.6) is 5.75 Å². The van der Waals surface area contributed by atoms with Crippen LogP contribution in [0.4, 0.5) is 18.0 Å². The number of amides is 2. The van der Waals surface area contributed by atoms with Crippen molar-refractivity contribution in [2.45, 2.75) is 76.4 Å². The van der Waals surface area contributed by atoms with E-state index in [1.807, 2.05) is 32.9 Å². The third-order valence-electron chi connectivity index (χ3n) is 7.51. The Balaban J connectivity index is 1.11. The lowest BCUT2D eigenvalue weighted by Gasteiger charge is -2.33. The molecule has 2 aliphatic rings. The predicted octanol–water partition coefficient (Wildman–Crippen LogP) is 6.45. The van der Waals surface area contributed by atoms with E-state index in [1.54, 1.807) is 17.0 Å². The Hall–Kier alpha value is -3.73. The standard InChI is InChI=1S/C31H36F3N3O5/c1-30(2,3)42-29(39)37-14-12-22(13-15-37)36-28(38)27-16-20-6-9-23(17-26(20)41-27)40-24-10-11-25(35-18-24)19-4-7-21(8-5-19)31(32,33)34/h4-9,16-17,22,24-25,35H,10-15,18H2,1-3H3,(H,36,38). The second-order valence-electron chi connectivity index (χ2n) is 11.9. The highest BCUT2D eigenvalue weighted by atomic mass is 19.4. The number of carbonyl (C=O) groups is 2. The summed E-state index contributed by atoms with van der Waals surface area (Å²) in [6.45, 7) is 7.04. The van der Waals surface area contributed by atoms with Gasteiger partial charge in [-0.25, -0.2) is 4.79 Å². The molecule has 2 saturated heterocycles. The van der Waals surface area contributed by atoms with Gasteiger partial charge in [0.05, 0.1) is 5.56 Å². The summed E-state index contributed by atoms with van der Waals surface area (Å²) in [4.78, 5) is 26.8. The van der Waals surface area contributed by atoms with Crippen LogP contribution in [0.25, 0.3) is 11.0 Å². The summed E-state index contributed by atoms with van der Waals surface area (Å²) in [5, 5.41) is 7.15. The van der Waals surface area contributed by atoms with Gasteiger partial charge in [0.25, 0.3) is 5.91 Å². The number of likely N-dealkylation sites (tertiary alicyclic amines) is 1. The Morgan fingerprint density at radius 2 is 1.69 bits per heavy atom. The van der Waals surface area contributed by atoms with Crippen molar-refractivity contribution < 1.29 is 36.7 Å². The summed E-state index contributed by atoms with van der Waals surface area (Å²) < 4.78 is 56.0. The first-order valence-electron chi connectivity index (χ1n) is 14.2. The maximum atomic E-state index is 12.9. The molecule has 2 fully saturated rings. The summed E-state index contributed by atoms with van der Waals surface area (Å²) in [5.41, 5.74) is 0.141. The molecule has 2 atom stereocenters. The smallest absolute Gasteiger partial charge is 0.416 e. The van der Waals surface area contributed by atoms with E-state index in [1.165, 1.54) is 12.1 Å². The number of halogens is 3. The molecule has 0 spiro atoms. The minimum absolute atomic E-state index is 0.0368. The average Bonchev–Trinajstić information content (AvgIpc) is 3.36. The first-order chi connectivity index (χ1) is 19.8. The zero-order valence-corrected chi connectivity index (χ0v) is 23.9. The first-order valence-corrected chi connectivity index (χ1v) is 14.2. The number of carbonyl (C=O) groups excluding carboxylic acids is 2. The van der Waals surface area contributed by atoms with Crippen LogP contribution in [0.3, 0.4) is 0 Å². The maximum absolute atomic E-state index is 12.9. The number of benzene rings is 2. The second kappa shape index (κ2) is 11.9. The molecule has 0 aliphatic carbocycles. The second-order valence-corrected chi connectivity index (χ2v) is 11.9. The van der Waals surface area contributed by atoms with Gasteiger partial charge in [0.15, 0.2) is 5.76 Å². The van der Waals surface area contributed by atoms with Gasteiger partial charge in [-0.15, -0.1) is 0 Å². The number of hydrogen-bond donors (Lipinski definition) is 2. The molecular formula is C31H36F3N3O5. The highest BCUT2D eigenvalue weighted by Gasteiger charge is 2.31. The van der Waals surface area contributed by atoms with Gasteiger partial charge < -0.3 is 29.4 Å². The number of ether oxygens (including phenoxy) is 2. The number of nitrogens with zero attached hydrogens (tertiary/aromatic N) is 1. The zero-order valence-electron chi connectivity index (χ0n) is 23.9. The summed E-state index contributed by atoms with van der Waals surface area (Å²) in [6.07, 6.45) is -2.10. The van der Waals surface area contributed by atoms with Crippen LogP contribution in [0, 0.1) is 0 Å². The van der Waals surface area contributed by atoms with Gasteiger partial charge in [0.2, 0.25) is 0 Å². The first kappa shape index (κ1) is 29.8. The number of rotatable bonds is 5. The topological polar surface area (TPSA) is 93.0 Å². The van der Waals surface area contributed by atoms with Gasteiger partial charge >= 0.3 is 12.3 Å². The van der Waals surface area contributed by atoms with Crippen LogP contribution < -0.4 is 15.4 Å². The average molecular weight is 588 g/mol. The predicted molar refractivity (Wildman–Crippen MR) is 150 cm³/mol. The van der Waals surface area contributed by atoms with Crippen LogP contribution in [0.15, 0.2) is 52.9 Å². The molecule has 2 aliphatic heterocycles. The van der Waals surface area contributed by atoms with Gasteiger partial charge in [-0.2, -0.15) is 13.2 Å². The normalized spacial score (nSPS) is 20.4. The lowest BCUT2D eigenvalue weighted by atomic mass is 9.95. The molecule has 3 aromatic rings. The van der Waals surface area contributed by atoms with Crippen LogP contribution in [-0.4, -0.2) is 54.3 Å². The molecule has 42 heavy (non-hydrogen) atoms. The Labute approximate surface area is 242 Å². The number of furan rings is 1. The molecule has 2 amide bonds. The van der Waals surface area contributed by atoms with Crippen molar-refractivity contribution in [2.75, 3.05) is 19.6 Å². The number of nitrogens with one attached hydrogen (secondary N) is 2. The van der Waals surface area contributed by atoms with Gasteiger partial charge in [-0.1, -0.05) is 12.1 Å². The largest absolute Gasteiger partial charge is 0.489 e. The van der Waals surface area contributed by atoms with Gasteiger partial charge in [0, 0.05) is 43.2 Å². The molecule has 2 unspecified atom stereocenters. The molecule has 0 bridgehead atoms. The molecule has 226 valence electrons. The third kappa shape index (κ3) is 7.36. The fourth-order valence-electron chi connectivity index (χ4n) is 5.30. The molecule has 2 aromatic carbocycles. The number of fused-ring (bicyclic) bond motifs is 1. The van der Waals surface area contributed by atoms with Gasteiger partial charge in [-0.05, 0) is 82.3 Å². The molecular weight excluding hydrogens is 551 g/mol. The third-order valence-corrected chi connectivity index (χ3v) is 7.51. The molecule has 0 radical (unpaired) electrons. The lowest BCUT2D eigenvalue weighted by Crippen LogP contribution is -2.47. The van der Waals surface area contributed by atoms with Crippen molar-refractivity contribution in [3.63, 3.8) is 0 Å². The maximum Gasteiger partial charge on any atom is 0.416 e. The van der Waals surface area contributed by atoms with Crippen molar-refractivity contribution in [3.8, 4) is 5.75 Å². The van der Waals surface area contributed by atoms with Crippen molar-refractivity contribution in [1.29, 1.82) is 0 Å². The van der Waals surface area contributed by atoms with Gasteiger partial charge in [-0.3, -0.25) is 4.79 Å². The highest BCUT2D eigenvalue weighted by Crippen LogP contribution is 2.32. The minimum atomic E-state index is -4.35. The Kier molecular flexibility index (Phi) is 8.41. The van der Waals surface area contributed by atoms with E-state index < -0.39 is 17.3 Å².